The fourth-order valence-corrected chi connectivity index (χ4v) is 0.621. The van der Waals surface area contributed by atoms with Crippen LogP contribution < -0.4 is 5.32 Å². The number of nitrogens with one attached hydrogen (secondary N) is 1. The molecule has 1 atom stereocenters. The van der Waals surface area contributed by atoms with Gasteiger partial charge in [0.1, 0.15) is 0 Å². The molecule has 0 saturated carbocycles. The van der Waals surface area contributed by atoms with Gasteiger partial charge in [-0.1, -0.05) is 0 Å². The molecule has 0 spiro atoms. The van der Waals surface area contributed by atoms with E-state index in [1.165, 1.54) is 0 Å². The number of rotatable bonds is 3. The summed E-state index contributed by atoms with van der Waals surface area (Å²) in [6.45, 7) is -1.81. The van der Waals surface area contributed by atoms with E-state index in [0.717, 1.165) is 5.32 Å². The largest absolute Gasteiger partial charge is 0.465 e. The predicted octanol–water partition coefficient (Wildman–Crippen LogP) is -0.504. The molecular formula is C6H7F4NO4. The molecule has 15 heavy (non-hydrogen) atoms. The number of carbonyl (C=O) groups excluding carboxylic acids is 2. The molecule has 0 radical (unpaired) electrons. The Morgan fingerprint density at radius 2 is 1.87 bits per heavy atom. The zero-order valence-corrected chi connectivity index (χ0v) is 7.39. The maximum absolute atomic E-state index is 12.2. The summed E-state index contributed by atoms with van der Waals surface area (Å²) >= 11 is 0. The lowest BCUT2D eigenvalue weighted by Gasteiger charge is -2.27. The van der Waals surface area contributed by atoms with E-state index in [4.69, 9.17) is 5.11 Å². The number of esters is 1. The molecule has 0 heterocycles. The van der Waals surface area contributed by atoms with Crippen molar-refractivity contribution in [3.05, 3.63) is 0 Å². The van der Waals surface area contributed by atoms with Crippen LogP contribution in [0.5, 0.6) is 0 Å². The summed E-state index contributed by atoms with van der Waals surface area (Å²) in [6, 6.07) is 0. The summed E-state index contributed by atoms with van der Waals surface area (Å²) in [5, 5.41) is 9.60. The number of halogens is 4. The molecule has 2 N–H and O–H groups in total. The third-order valence-corrected chi connectivity index (χ3v) is 1.33. The maximum Gasteiger partial charge on any atom is 0.448 e. The van der Waals surface area contributed by atoms with Crippen molar-refractivity contribution < 1.29 is 37.0 Å². The molecule has 0 aromatic heterocycles. The summed E-state index contributed by atoms with van der Waals surface area (Å²) in [5.74, 6) is -3.95. The van der Waals surface area contributed by atoms with Gasteiger partial charge in [-0.2, -0.15) is 13.2 Å². The fourth-order valence-electron chi connectivity index (χ4n) is 0.621. The van der Waals surface area contributed by atoms with Gasteiger partial charge in [-0.3, -0.25) is 4.79 Å². The Labute approximate surface area is 81.0 Å². The normalized spacial score (nSPS) is 15.3. The van der Waals surface area contributed by atoms with Gasteiger partial charge in [0.05, 0.1) is 7.11 Å². The van der Waals surface area contributed by atoms with Gasteiger partial charge in [-0.15, -0.1) is 0 Å². The minimum Gasteiger partial charge on any atom is -0.465 e. The molecule has 0 rings (SSSR count). The molecule has 5 nitrogen and oxygen atoms in total. The first-order chi connectivity index (χ1) is 6.69. The molecular weight excluding hydrogens is 226 g/mol. The molecule has 0 aliphatic heterocycles. The first-order valence-corrected chi connectivity index (χ1v) is 3.43. The number of alkyl halides is 4. The second-order valence-corrected chi connectivity index (χ2v) is 2.38. The summed E-state index contributed by atoms with van der Waals surface area (Å²) in [4.78, 5) is 20.9. The van der Waals surface area contributed by atoms with Crippen LogP contribution in [0.2, 0.25) is 0 Å². The first-order valence-electron chi connectivity index (χ1n) is 3.43. The Hall–Kier alpha value is -1.38. The van der Waals surface area contributed by atoms with Crippen molar-refractivity contribution in [2.45, 2.75) is 11.9 Å². The quantitative estimate of drug-likeness (QED) is 0.391. The smallest absolute Gasteiger partial charge is 0.448 e. The Bertz CT molecular complexity index is 266. The number of ether oxygens (including phenoxy) is 1. The van der Waals surface area contributed by atoms with E-state index < -0.39 is 30.5 Å². The number of carbonyl (C=O) groups is 2. The number of methoxy groups -OCH3 is 1. The zero-order valence-electron chi connectivity index (χ0n) is 7.39. The molecule has 0 bridgehead atoms. The van der Waals surface area contributed by atoms with E-state index >= 15 is 0 Å². The van der Waals surface area contributed by atoms with Gasteiger partial charge in [0.25, 0.3) is 5.91 Å². The maximum atomic E-state index is 12.2. The average molecular weight is 233 g/mol. The highest BCUT2D eigenvalue weighted by molar-refractivity contribution is 5.87. The highest BCUT2D eigenvalue weighted by Crippen LogP contribution is 2.29. The number of hydrogen-bond acceptors (Lipinski definition) is 4. The second kappa shape index (κ2) is 4.43. The van der Waals surface area contributed by atoms with Gasteiger partial charge in [-0.25, -0.2) is 9.18 Å². The number of aliphatic hydroxyl groups is 1. The van der Waals surface area contributed by atoms with Crippen molar-refractivity contribution in [2.24, 2.45) is 0 Å². The monoisotopic (exact) mass is 233 g/mol. The van der Waals surface area contributed by atoms with Gasteiger partial charge in [0.15, 0.2) is 6.67 Å². The third kappa shape index (κ3) is 2.78. The zero-order chi connectivity index (χ0) is 12.3. The van der Waals surface area contributed by atoms with Crippen molar-refractivity contribution in [3.63, 3.8) is 0 Å². The molecule has 0 aromatic carbocycles. The molecule has 88 valence electrons. The third-order valence-electron chi connectivity index (χ3n) is 1.33. The fraction of sp³-hybridized carbons (Fsp3) is 0.667. The van der Waals surface area contributed by atoms with Crippen molar-refractivity contribution >= 4 is 11.9 Å². The van der Waals surface area contributed by atoms with Crippen LogP contribution in [-0.4, -0.2) is 42.7 Å². The van der Waals surface area contributed by atoms with Gasteiger partial charge >= 0.3 is 17.9 Å². The highest BCUT2D eigenvalue weighted by atomic mass is 19.4. The Morgan fingerprint density at radius 3 is 2.13 bits per heavy atom. The average Bonchev–Trinajstić information content (AvgIpc) is 2.14. The Kier molecular flexibility index (Phi) is 4.02. The van der Waals surface area contributed by atoms with E-state index in [1.807, 2.05) is 0 Å². The molecule has 0 aromatic rings. The molecule has 0 aliphatic rings. The summed E-state index contributed by atoms with van der Waals surface area (Å²) in [5.41, 5.74) is -4.23. The minimum atomic E-state index is -5.51. The van der Waals surface area contributed by atoms with Crippen LogP contribution in [0, 0.1) is 0 Å². The second-order valence-electron chi connectivity index (χ2n) is 2.38. The standard InChI is InChI=1S/C6H7F4NO4/c1-15-4(13)5(14,6(8,9)10)11-3(12)2-7/h14H,2H2,1H3,(H,11,12)/t5-/m1/s1. The van der Waals surface area contributed by atoms with Gasteiger partial charge in [0.2, 0.25) is 0 Å². The molecule has 0 saturated heterocycles. The van der Waals surface area contributed by atoms with Crippen molar-refractivity contribution in [2.75, 3.05) is 13.8 Å². The van der Waals surface area contributed by atoms with Crippen LogP contribution in [0.1, 0.15) is 0 Å². The van der Waals surface area contributed by atoms with E-state index in [2.05, 4.69) is 4.74 Å². The first kappa shape index (κ1) is 13.6. The topological polar surface area (TPSA) is 75.6 Å². The predicted molar refractivity (Wildman–Crippen MR) is 37.1 cm³/mol. The number of hydrogen-bond donors (Lipinski definition) is 2. The van der Waals surface area contributed by atoms with Crippen LogP contribution in [0.25, 0.3) is 0 Å². The Morgan fingerprint density at radius 1 is 1.40 bits per heavy atom. The Balaban J connectivity index is 5.04. The molecule has 0 fully saturated rings. The lowest BCUT2D eigenvalue weighted by Crippen LogP contribution is -2.64. The van der Waals surface area contributed by atoms with E-state index in [0.29, 0.717) is 7.11 Å². The molecule has 1 amide bonds. The van der Waals surface area contributed by atoms with Crippen molar-refractivity contribution in [1.82, 2.24) is 5.32 Å². The van der Waals surface area contributed by atoms with E-state index in [1.54, 1.807) is 0 Å². The van der Waals surface area contributed by atoms with Crippen LogP contribution in [-0.2, 0) is 14.3 Å². The summed E-state index contributed by atoms with van der Waals surface area (Å²) in [6.07, 6.45) is -5.51. The van der Waals surface area contributed by atoms with Gasteiger partial charge in [0, 0.05) is 0 Å². The summed E-state index contributed by atoms with van der Waals surface area (Å²) < 4.78 is 51.7. The highest BCUT2D eigenvalue weighted by Gasteiger charge is 2.62. The molecule has 9 heteroatoms. The van der Waals surface area contributed by atoms with Crippen LogP contribution >= 0.6 is 0 Å². The van der Waals surface area contributed by atoms with E-state index in [9.17, 15) is 27.2 Å². The van der Waals surface area contributed by atoms with Gasteiger partial charge in [-0.05, 0) is 0 Å². The van der Waals surface area contributed by atoms with Crippen LogP contribution in [0.3, 0.4) is 0 Å². The lowest BCUT2D eigenvalue weighted by molar-refractivity contribution is -0.270. The molecule has 0 unspecified atom stereocenters. The van der Waals surface area contributed by atoms with Crippen LogP contribution in [0.4, 0.5) is 17.6 Å². The van der Waals surface area contributed by atoms with Crippen molar-refractivity contribution in [1.29, 1.82) is 0 Å². The van der Waals surface area contributed by atoms with Crippen LogP contribution in [0.15, 0.2) is 0 Å². The minimum absolute atomic E-state index is 0.570. The lowest BCUT2D eigenvalue weighted by atomic mass is 10.2. The SMILES string of the molecule is COC(=O)[C@](O)(NC(=O)CF)C(F)(F)F. The van der Waals surface area contributed by atoms with Gasteiger partial charge < -0.3 is 15.2 Å². The number of amides is 1. The summed E-state index contributed by atoms with van der Waals surface area (Å²) in [7, 11) is 0.570. The van der Waals surface area contributed by atoms with E-state index in [-0.39, 0.29) is 0 Å². The molecule has 0 aliphatic carbocycles. The van der Waals surface area contributed by atoms with Crippen molar-refractivity contribution in [3.8, 4) is 0 Å².